The molecule has 5 aliphatic rings. The van der Waals surface area contributed by atoms with Gasteiger partial charge in [-0.1, -0.05) is 22.8 Å². The first kappa shape index (κ1) is 25.0. The average Bonchev–Trinajstić information content (AvgIpc) is 3.65. The Morgan fingerprint density at radius 3 is 2.71 bits per heavy atom. The molecule has 0 aliphatic carbocycles. The fraction of sp³-hybridized carbons (Fsp3) is 0.583. The predicted octanol–water partition coefficient (Wildman–Crippen LogP) is 1.19. The van der Waals surface area contributed by atoms with E-state index in [0.29, 0.717) is 24.7 Å². The number of oxime groups is 1. The molecule has 2 aromatic rings. The van der Waals surface area contributed by atoms with Crippen molar-refractivity contribution < 1.29 is 23.2 Å². The van der Waals surface area contributed by atoms with Crippen molar-refractivity contribution in [2.45, 2.75) is 41.0 Å². The molecule has 0 radical (unpaired) electrons. The summed E-state index contributed by atoms with van der Waals surface area (Å²) in [6, 6.07) is 6.93. The van der Waals surface area contributed by atoms with Gasteiger partial charge in [-0.2, -0.15) is 4.31 Å². The number of benzene rings is 1. The summed E-state index contributed by atoms with van der Waals surface area (Å²) in [6.07, 6.45) is 1.33. The molecule has 11 nitrogen and oxygen atoms in total. The maximum absolute atomic E-state index is 13.9. The van der Waals surface area contributed by atoms with Gasteiger partial charge in [0.15, 0.2) is 6.35 Å². The zero-order valence-electron chi connectivity index (χ0n) is 20.9. The van der Waals surface area contributed by atoms with Gasteiger partial charge in [-0.05, 0) is 43.5 Å². The highest BCUT2D eigenvalue weighted by atomic mass is 35.5. The lowest BCUT2D eigenvalue weighted by molar-refractivity contribution is -0.152. The molecule has 1 N–H and O–H groups in total. The number of rotatable bonds is 2. The number of likely N-dealkylation sites (N-methyl/N-ethyl adjacent to an activating group) is 1. The van der Waals surface area contributed by atoms with Crippen LogP contribution in [0.2, 0.25) is 5.02 Å². The van der Waals surface area contributed by atoms with Crippen molar-refractivity contribution in [3.63, 3.8) is 0 Å². The van der Waals surface area contributed by atoms with Crippen LogP contribution in [0.5, 0.6) is 0 Å². The Balaban J connectivity index is 1.22. The quantitative estimate of drug-likeness (QED) is 0.564. The molecule has 6 heterocycles. The largest absolute Gasteiger partial charge is 0.394 e. The third kappa shape index (κ3) is 3.49. The van der Waals surface area contributed by atoms with Gasteiger partial charge in [0.05, 0.1) is 13.1 Å². The summed E-state index contributed by atoms with van der Waals surface area (Å²) in [5, 5.41) is 16.9. The van der Waals surface area contributed by atoms with E-state index in [1.165, 1.54) is 4.31 Å². The molecular formula is C24H29ClN6O5S2. The third-order valence-corrected chi connectivity index (χ3v) is 12.4. The zero-order chi connectivity index (χ0) is 26.4. The van der Waals surface area contributed by atoms with Gasteiger partial charge in [0.2, 0.25) is 5.91 Å². The van der Waals surface area contributed by atoms with Crippen molar-refractivity contribution in [3.05, 3.63) is 29.3 Å². The Kier molecular flexibility index (Phi) is 5.59. The number of aliphatic hydroxyl groups excluding tert-OH is 1. The molecule has 5 aliphatic heterocycles. The molecule has 38 heavy (non-hydrogen) atoms. The first-order valence-electron chi connectivity index (χ1n) is 12.7. The van der Waals surface area contributed by atoms with Crippen molar-refractivity contribution in [2.24, 2.45) is 5.16 Å². The van der Waals surface area contributed by atoms with Crippen LogP contribution in [0.25, 0.3) is 10.1 Å². The van der Waals surface area contributed by atoms with E-state index < -0.39 is 27.6 Å². The van der Waals surface area contributed by atoms with Gasteiger partial charge < -0.3 is 19.7 Å². The van der Waals surface area contributed by atoms with E-state index in [0.717, 1.165) is 59.6 Å². The van der Waals surface area contributed by atoms with E-state index in [4.69, 9.17) is 16.4 Å². The number of thiophene rings is 1. The summed E-state index contributed by atoms with van der Waals surface area (Å²) >= 11 is 7.28. The Morgan fingerprint density at radius 1 is 1.18 bits per heavy atom. The van der Waals surface area contributed by atoms with Crippen LogP contribution >= 0.6 is 22.9 Å². The standard InChI is InChI=1S/C24H29ClN6O5S2/c1-27-14-24-15-29(38(34,35)21-10-16-2-3-17(25)11-18(16)37-21)12-20(32)30(24)13-23(31(24)22(27)33)5-7-28(8-6-23)19-4-9-36-26-19/h2-3,10-11,22,33H,4-9,12-15H2,1H3. The van der Waals surface area contributed by atoms with Gasteiger partial charge in [0.25, 0.3) is 10.0 Å². The smallest absolute Gasteiger partial charge is 0.253 e. The molecule has 14 heteroatoms. The number of hydrogen-bond donors (Lipinski definition) is 1. The number of piperazine rings is 1. The normalized spacial score (nSPS) is 30.2. The predicted molar refractivity (Wildman–Crippen MR) is 142 cm³/mol. The monoisotopic (exact) mass is 580 g/mol. The molecule has 0 saturated carbocycles. The lowest BCUT2D eigenvalue weighted by Gasteiger charge is -2.49. The Bertz CT molecular complexity index is 1460. The molecule has 7 rings (SSSR count). The van der Waals surface area contributed by atoms with Crippen LogP contribution < -0.4 is 0 Å². The second-order valence-corrected chi connectivity index (χ2v) is 14.6. The summed E-state index contributed by atoms with van der Waals surface area (Å²) in [4.78, 5) is 26.8. The Hall–Kier alpha value is -2.00. The van der Waals surface area contributed by atoms with Crippen molar-refractivity contribution in [2.75, 3.05) is 52.9 Å². The molecule has 2 unspecified atom stereocenters. The number of amidine groups is 1. The van der Waals surface area contributed by atoms with Crippen LogP contribution in [0.1, 0.15) is 19.3 Å². The highest BCUT2D eigenvalue weighted by Gasteiger charge is 2.69. The van der Waals surface area contributed by atoms with Crippen LogP contribution in [-0.4, -0.2) is 120 Å². The fourth-order valence-corrected chi connectivity index (χ4v) is 10.3. The molecule has 1 aromatic carbocycles. The molecule has 0 bridgehead atoms. The summed E-state index contributed by atoms with van der Waals surface area (Å²) < 4.78 is 30.0. The average molecular weight is 581 g/mol. The van der Waals surface area contributed by atoms with Crippen LogP contribution in [0.3, 0.4) is 0 Å². The number of carbonyl (C=O) groups excluding carboxylic acids is 1. The molecule has 1 amide bonds. The van der Waals surface area contributed by atoms with E-state index >= 15 is 0 Å². The number of sulfonamides is 1. The molecule has 2 spiro atoms. The van der Waals surface area contributed by atoms with Gasteiger partial charge in [-0.3, -0.25) is 9.69 Å². The molecule has 4 fully saturated rings. The van der Waals surface area contributed by atoms with Crippen molar-refractivity contribution in [1.82, 2.24) is 23.9 Å². The maximum atomic E-state index is 13.9. The second-order valence-electron chi connectivity index (χ2n) is 10.9. The van der Waals surface area contributed by atoms with E-state index in [2.05, 4.69) is 10.1 Å². The number of halogens is 1. The molecule has 1 aromatic heterocycles. The second kappa shape index (κ2) is 8.50. The van der Waals surface area contributed by atoms with E-state index in [1.807, 2.05) is 16.8 Å². The minimum Gasteiger partial charge on any atom is -0.394 e. The summed E-state index contributed by atoms with van der Waals surface area (Å²) in [5.41, 5.74) is -1.39. The minimum atomic E-state index is -3.95. The molecule has 2 atom stereocenters. The fourth-order valence-electron chi connectivity index (χ4n) is 7.00. The SMILES string of the molecule is CN1CC23CN(S(=O)(=O)c4cc5ccc(Cl)cc5s4)CC(=O)N2CC2(CCN(C4=NOCC4)CC2)N3C1O. The number of amides is 1. The molecule has 204 valence electrons. The summed E-state index contributed by atoms with van der Waals surface area (Å²) in [7, 11) is -2.14. The van der Waals surface area contributed by atoms with Crippen LogP contribution in [0.4, 0.5) is 0 Å². The van der Waals surface area contributed by atoms with Gasteiger partial charge in [-0.25, -0.2) is 13.3 Å². The number of aliphatic hydroxyl groups is 1. The highest BCUT2D eigenvalue weighted by Crippen LogP contribution is 2.51. The van der Waals surface area contributed by atoms with Crippen LogP contribution in [0.15, 0.2) is 33.6 Å². The summed E-state index contributed by atoms with van der Waals surface area (Å²) in [5.74, 6) is 0.715. The van der Waals surface area contributed by atoms with Crippen molar-refractivity contribution in [1.29, 1.82) is 0 Å². The van der Waals surface area contributed by atoms with Crippen molar-refractivity contribution in [3.8, 4) is 0 Å². The van der Waals surface area contributed by atoms with E-state index in [9.17, 15) is 18.3 Å². The highest BCUT2D eigenvalue weighted by molar-refractivity contribution is 7.91. The minimum absolute atomic E-state index is 0.101. The van der Waals surface area contributed by atoms with Gasteiger partial charge in [-0.15, -0.1) is 11.3 Å². The number of nitrogens with zero attached hydrogens (tertiary/aromatic N) is 6. The molecule has 4 saturated heterocycles. The third-order valence-electron chi connectivity index (χ3n) is 8.78. The number of fused-ring (bicyclic) bond motifs is 2. The Morgan fingerprint density at radius 2 is 1.97 bits per heavy atom. The Labute approximate surface area is 229 Å². The molecular weight excluding hydrogens is 552 g/mol. The lowest BCUT2D eigenvalue weighted by atomic mass is 9.86. The first-order chi connectivity index (χ1) is 18.1. The number of piperidine rings is 1. The number of carbonyl (C=O) groups is 1. The van der Waals surface area contributed by atoms with E-state index in [1.54, 1.807) is 29.2 Å². The topological polar surface area (TPSA) is 109 Å². The van der Waals surface area contributed by atoms with Crippen LogP contribution in [0, 0.1) is 0 Å². The summed E-state index contributed by atoms with van der Waals surface area (Å²) in [6.45, 7) is 2.78. The zero-order valence-corrected chi connectivity index (χ0v) is 23.3. The maximum Gasteiger partial charge on any atom is 0.253 e. The van der Waals surface area contributed by atoms with Gasteiger partial charge in [0.1, 0.15) is 22.3 Å². The lowest BCUT2D eigenvalue weighted by Crippen LogP contribution is -2.69. The van der Waals surface area contributed by atoms with Crippen molar-refractivity contribution >= 4 is 54.8 Å². The first-order valence-corrected chi connectivity index (χ1v) is 15.4. The van der Waals surface area contributed by atoms with Gasteiger partial charge >= 0.3 is 0 Å². The van der Waals surface area contributed by atoms with Crippen LogP contribution in [-0.2, 0) is 19.7 Å². The van der Waals surface area contributed by atoms with Gasteiger partial charge in [0, 0.05) is 47.9 Å². The number of hydrogen-bond acceptors (Lipinski definition) is 10. The number of likely N-dealkylation sites (tertiary alicyclic amines) is 1. The van der Waals surface area contributed by atoms with E-state index in [-0.39, 0.29) is 23.2 Å².